The van der Waals surface area contributed by atoms with Crippen molar-refractivity contribution >= 4 is 5.78 Å². The fraction of sp³-hybridized carbons (Fsp3) is 0.571. The summed E-state index contributed by atoms with van der Waals surface area (Å²) in [5, 5.41) is 21.9. The minimum Gasteiger partial charge on any atom is -0.507 e. The second-order valence-corrected chi connectivity index (χ2v) is 8.16. The normalized spacial score (nSPS) is 28.7. The number of methoxy groups -OCH3 is 1. The van der Waals surface area contributed by atoms with Crippen LogP contribution in [0.25, 0.3) is 0 Å². The first-order chi connectivity index (χ1) is 11.6. The van der Waals surface area contributed by atoms with Gasteiger partial charge < -0.3 is 14.9 Å². The zero-order valence-corrected chi connectivity index (χ0v) is 15.8. The number of hydrogen-bond acceptors (Lipinski definition) is 4. The van der Waals surface area contributed by atoms with Gasteiger partial charge in [-0.1, -0.05) is 39.8 Å². The maximum atomic E-state index is 12.9. The molecule has 0 aliphatic heterocycles. The van der Waals surface area contributed by atoms with Crippen molar-refractivity contribution < 1.29 is 19.7 Å². The monoisotopic (exact) mass is 344 g/mol. The molecule has 0 radical (unpaired) electrons. The van der Waals surface area contributed by atoms with Crippen LogP contribution in [-0.2, 0) is 5.41 Å². The highest BCUT2D eigenvalue weighted by atomic mass is 16.5. The van der Waals surface area contributed by atoms with Crippen LogP contribution in [0.3, 0.4) is 0 Å². The van der Waals surface area contributed by atoms with E-state index in [-0.39, 0.29) is 40.4 Å². The zero-order valence-electron chi connectivity index (χ0n) is 15.8. The average molecular weight is 344 g/mol. The van der Waals surface area contributed by atoms with Crippen molar-refractivity contribution in [1.82, 2.24) is 0 Å². The van der Waals surface area contributed by atoms with Crippen molar-refractivity contribution in [2.75, 3.05) is 7.11 Å². The van der Waals surface area contributed by atoms with Crippen molar-refractivity contribution in [1.29, 1.82) is 0 Å². The summed E-state index contributed by atoms with van der Waals surface area (Å²) < 4.78 is 5.45. The Hall–Kier alpha value is -1.97. The Balaban J connectivity index is 2.36. The highest BCUT2D eigenvalue weighted by molar-refractivity contribution is 6.04. The second kappa shape index (κ2) is 5.79. The number of aromatic hydroxyl groups is 2. The van der Waals surface area contributed by atoms with Gasteiger partial charge in [0.15, 0.2) is 17.3 Å². The lowest BCUT2D eigenvalue weighted by molar-refractivity contribution is 0.0883. The van der Waals surface area contributed by atoms with Gasteiger partial charge in [0, 0.05) is 23.0 Å². The van der Waals surface area contributed by atoms with Gasteiger partial charge in [-0.2, -0.15) is 0 Å². The van der Waals surface area contributed by atoms with E-state index >= 15 is 0 Å². The van der Waals surface area contributed by atoms with Gasteiger partial charge in [0.2, 0.25) is 0 Å². The first-order valence-electron chi connectivity index (χ1n) is 9.03. The molecule has 0 bridgehead atoms. The summed E-state index contributed by atoms with van der Waals surface area (Å²) in [4.78, 5) is 12.9. The molecule has 2 N–H and O–H groups in total. The molecule has 2 aliphatic carbocycles. The summed E-state index contributed by atoms with van der Waals surface area (Å²) in [5.41, 5.74) is 1.97. The average Bonchev–Trinajstić information content (AvgIpc) is 2.55. The lowest BCUT2D eigenvalue weighted by Gasteiger charge is -2.49. The van der Waals surface area contributed by atoms with Gasteiger partial charge in [0.1, 0.15) is 5.75 Å². The number of benzene rings is 1. The molecular weight excluding hydrogens is 316 g/mol. The van der Waals surface area contributed by atoms with E-state index in [1.165, 1.54) is 7.11 Å². The minimum absolute atomic E-state index is 0.00176. The van der Waals surface area contributed by atoms with E-state index in [0.717, 1.165) is 18.4 Å². The van der Waals surface area contributed by atoms with E-state index in [1.54, 1.807) is 0 Å². The largest absolute Gasteiger partial charge is 0.507 e. The van der Waals surface area contributed by atoms with Crippen LogP contribution >= 0.6 is 0 Å². The summed E-state index contributed by atoms with van der Waals surface area (Å²) in [6.07, 6.45) is 2.13. The number of Topliss-reactive ketones (excluding diaryl/α,β-unsaturated/α-hetero) is 1. The number of phenols is 2. The SMILES string of the molecule is C=C1C(C)CCC2(C)c3c(O)c(OC)c(C(C)C)c(O)c3C(=O)CC12. The number of rotatable bonds is 2. The number of ketones is 1. The molecule has 0 saturated heterocycles. The molecule has 2 aliphatic rings. The van der Waals surface area contributed by atoms with Crippen LogP contribution < -0.4 is 4.74 Å². The maximum Gasteiger partial charge on any atom is 0.167 e. The van der Waals surface area contributed by atoms with Crippen molar-refractivity contribution in [2.45, 2.75) is 58.3 Å². The van der Waals surface area contributed by atoms with Crippen LogP contribution in [0.5, 0.6) is 17.2 Å². The van der Waals surface area contributed by atoms with Gasteiger partial charge in [0.05, 0.1) is 12.7 Å². The van der Waals surface area contributed by atoms with E-state index < -0.39 is 5.41 Å². The Kier molecular flexibility index (Phi) is 4.13. The molecule has 3 unspecified atom stereocenters. The molecule has 0 heterocycles. The zero-order chi connectivity index (χ0) is 18.7. The van der Waals surface area contributed by atoms with Crippen LogP contribution in [-0.4, -0.2) is 23.1 Å². The minimum atomic E-state index is -0.419. The Morgan fingerprint density at radius 1 is 1.28 bits per heavy atom. The Bertz CT molecular complexity index is 762. The first kappa shape index (κ1) is 17.8. The molecule has 25 heavy (non-hydrogen) atoms. The predicted octanol–water partition coefficient (Wildman–Crippen LogP) is 4.68. The molecule has 1 fully saturated rings. The van der Waals surface area contributed by atoms with Crippen molar-refractivity contribution in [3.8, 4) is 17.2 Å². The van der Waals surface area contributed by atoms with Gasteiger partial charge in [-0.3, -0.25) is 4.79 Å². The number of phenolic OH excluding ortho intramolecular Hbond substituents is 2. The third-order valence-electron chi connectivity index (χ3n) is 6.41. The van der Waals surface area contributed by atoms with E-state index in [4.69, 9.17) is 4.74 Å². The topological polar surface area (TPSA) is 66.8 Å². The van der Waals surface area contributed by atoms with Crippen LogP contribution in [0.1, 0.15) is 74.4 Å². The smallest absolute Gasteiger partial charge is 0.167 e. The molecule has 0 amide bonds. The van der Waals surface area contributed by atoms with Gasteiger partial charge >= 0.3 is 0 Å². The van der Waals surface area contributed by atoms with Crippen LogP contribution in [0, 0.1) is 11.8 Å². The molecule has 4 heteroatoms. The van der Waals surface area contributed by atoms with Crippen molar-refractivity contribution in [3.05, 3.63) is 28.8 Å². The number of fused-ring (bicyclic) bond motifs is 3. The molecule has 136 valence electrons. The summed E-state index contributed by atoms with van der Waals surface area (Å²) in [5.74, 6) is 0.396. The molecule has 3 rings (SSSR count). The first-order valence-corrected chi connectivity index (χ1v) is 9.03. The fourth-order valence-electron chi connectivity index (χ4n) is 4.86. The quantitative estimate of drug-likeness (QED) is 0.604. The van der Waals surface area contributed by atoms with Gasteiger partial charge in [0.25, 0.3) is 0 Å². The number of allylic oxidation sites excluding steroid dienone is 1. The second-order valence-electron chi connectivity index (χ2n) is 8.16. The Morgan fingerprint density at radius 2 is 1.92 bits per heavy atom. The fourth-order valence-corrected chi connectivity index (χ4v) is 4.86. The van der Waals surface area contributed by atoms with Gasteiger partial charge in [-0.25, -0.2) is 0 Å². The number of ether oxygens (including phenoxy) is 1. The standard InChI is InChI=1S/C21H28O4/c1-10(2)15-18(23)16-14(22)9-13-12(4)11(3)7-8-21(13,5)17(16)19(24)20(15)25-6/h10-11,13,23-24H,4,7-9H2,1-3,5-6H3. The third-order valence-corrected chi connectivity index (χ3v) is 6.41. The predicted molar refractivity (Wildman–Crippen MR) is 97.7 cm³/mol. The van der Waals surface area contributed by atoms with Gasteiger partial charge in [-0.05, 0) is 30.6 Å². The highest BCUT2D eigenvalue weighted by Gasteiger charge is 2.51. The summed E-state index contributed by atoms with van der Waals surface area (Å²) in [7, 11) is 1.49. The summed E-state index contributed by atoms with van der Waals surface area (Å²) >= 11 is 0. The maximum absolute atomic E-state index is 12.9. The molecule has 1 aromatic rings. The number of carbonyl (C=O) groups excluding carboxylic acids is 1. The number of carbonyl (C=O) groups is 1. The Labute approximate surface area is 149 Å². The molecule has 4 nitrogen and oxygen atoms in total. The van der Waals surface area contributed by atoms with Crippen molar-refractivity contribution in [2.24, 2.45) is 11.8 Å². The molecule has 0 spiro atoms. The third kappa shape index (κ3) is 2.30. The number of hydrogen-bond donors (Lipinski definition) is 2. The molecular formula is C21H28O4. The van der Waals surface area contributed by atoms with E-state index in [0.29, 0.717) is 23.5 Å². The van der Waals surface area contributed by atoms with E-state index in [9.17, 15) is 15.0 Å². The van der Waals surface area contributed by atoms with Crippen LogP contribution in [0.2, 0.25) is 0 Å². The molecule has 1 aromatic carbocycles. The van der Waals surface area contributed by atoms with Crippen LogP contribution in [0.15, 0.2) is 12.2 Å². The Morgan fingerprint density at radius 3 is 2.48 bits per heavy atom. The summed E-state index contributed by atoms with van der Waals surface area (Å²) in [6.45, 7) is 12.3. The highest BCUT2D eigenvalue weighted by Crippen LogP contribution is 2.60. The lowest BCUT2D eigenvalue weighted by Crippen LogP contribution is -2.44. The molecule has 3 atom stereocenters. The van der Waals surface area contributed by atoms with Gasteiger partial charge in [-0.15, -0.1) is 0 Å². The lowest BCUT2D eigenvalue weighted by atomic mass is 9.54. The summed E-state index contributed by atoms with van der Waals surface area (Å²) in [6, 6.07) is 0. The van der Waals surface area contributed by atoms with E-state index in [2.05, 4.69) is 20.4 Å². The molecule has 1 saturated carbocycles. The van der Waals surface area contributed by atoms with Crippen molar-refractivity contribution in [3.63, 3.8) is 0 Å². The molecule has 0 aromatic heterocycles. The van der Waals surface area contributed by atoms with Crippen LogP contribution in [0.4, 0.5) is 0 Å². The van der Waals surface area contributed by atoms with E-state index in [1.807, 2.05) is 13.8 Å².